The van der Waals surface area contributed by atoms with Crippen molar-refractivity contribution in [2.45, 2.75) is 32.4 Å². The molecule has 3 heterocycles. The highest BCUT2D eigenvalue weighted by molar-refractivity contribution is 5.44. The average molecular weight is 232 g/mol. The highest BCUT2D eigenvalue weighted by Gasteiger charge is 2.15. The van der Waals surface area contributed by atoms with Crippen LogP contribution in [0, 0.1) is 6.92 Å². The molecule has 5 nitrogen and oxygen atoms in total. The summed E-state index contributed by atoms with van der Waals surface area (Å²) in [7, 11) is 0. The number of nitrogens with one attached hydrogen (secondary N) is 1. The smallest absolute Gasteiger partial charge is 0.276 e. The Labute approximate surface area is 99.1 Å². The topological polar surface area (TPSA) is 51.3 Å². The van der Waals surface area contributed by atoms with E-state index in [1.807, 2.05) is 25.4 Å². The third-order valence-corrected chi connectivity index (χ3v) is 3.31. The van der Waals surface area contributed by atoms with Crippen molar-refractivity contribution in [2.24, 2.45) is 0 Å². The first-order valence-electron chi connectivity index (χ1n) is 6.03. The Hall–Kier alpha value is -1.62. The summed E-state index contributed by atoms with van der Waals surface area (Å²) in [5.74, 6) is 0. The molecule has 0 amide bonds. The molecular formula is C12H16N4O. The van der Waals surface area contributed by atoms with Gasteiger partial charge in [-0.05, 0) is 32.4 Å². The molecule has 1 atom stereocenters. The van der Waals surface area contributed by atoms with Gasteiger partial charge in [0.25, 0.3) is 5.56 Å². The van der Waals surface area contributed by atoms with Crippen molar-refractivity contribution in [3.63, 3.8) is 0 Å². The van der Waals surface area contributed by atoms with Gasteiger partial charge in [0.1, 0.15) is 5.52 Å². The van der Waals surface area contributed by atoms with Crippen molar-refractivity contribution in [2.75, 3.05) is 6.54 Å². The molecule has 1 saturated heterocycles. The zero-order valence-corrected chi connectivity index (χ0v) is 9.89. The molecule has 0 aliphatic carbocycles. The van der Waals surface area contributed by atoms with Gasteiger partial charge in [0.15, 0.2) is 0 Å². The summed E-state index contributed by atoms with van der Waals surface area (Å²) in [6.45, 7) is 3.71. The molecule has 2 aromatic rings. The highest BCUT2D eigenvalue weighted by Crippen LogP contribution is 2.07. The highest BCUT2D eigenvalue weighted by atomic mass is 16.1. The lowest BCUT2D eigenvalue weighted by atomic mass is 10.2. The van der Waals surface area contributed by atoms with Crippen LogP contribution < -0.4 is 10.9 Å². The number of rotatable bonds is 2. The fourth-order valence-corrected chi connectivity index (χ4v) is 2.44. The lowest BCUT2D eigenvalue weighted by molar-refractivity contribution is 0.498. The van der Waals surface area contributed by atoms with Crippen LogP contribution in [0.3, 0.4) is 0 Å². The predicted octanol–water partition coefficient (Wildman–Crippen LogP) is 0.556. The molecule has 0 saturated carbocycles. The number of aryl methyl sites for hydroxylation is 1. The third kappa shape index (κ3) is 1.86. The van der Waals surface area contributed by atoms with Crippen LogP contribution in [0.4, 0.5) is 0 Å². The van der Waals surface area contributed by atoms with Crippen LogP contribution in [0.5, 0.6) is 0 Å². The normalized spacial score (nSPS) is 20.2. The van der Waals surface area contributed by atoms with Gasteiger partial charge < -0.3 is 9.88 Å². The van der Waals surface area contributed by atoms with Crippen LogP contribution in [-0.2, 0) is 6.54 Å². The van der Waals surface area contributed by atoms with Gasteiger partial charge in [-0.15, -0.1) is 0 Å². The Bertz CT molecular complexity index is 592. The molecule has 0 radical (unpaired) electrons. The summed E-state index contributed by atoms with van der Waals surface area (Å²) in [4.78, 5) is 12.2. The molecule has 90 valence electrons. The maximum Gasteiger partial charge on any atom is 0.276 e. The molecule has 17 heavy (non-hydrogen) atoms. The fourth-order valence-electron chi connectivity index (χ4n) is 2.44. The fraction of sp³-hybridized carbons (Fsp3) is 0.500. The number of fused-ring (bicyclic) bond motifs is 1. The van der Waals surface area contributed by atoms with Crippen LogP contribution in [0.25, 0.3) is 5.52 Å². The lowest BCUT2D eigenvalue weighted by Crippen LogP contribution is -2.32. The van der Waals surface area contributed by atoms with Crippen molar-refractivity contribution in [3.05, 3.63) is 34.5 Å². The minimum atomic E-state index is 0.0433. The van der Waals surface area contributed by atoms with Gasteiger partial charge in [-0.3, -0.25) is 4.79 Å². The van der Waals surface area contributed by atoms with Gasteiger partial charge in [-0.2, -0.15) is 5.10 Å². The van der Waals surface area contributed by atoms with E-state index < -0.39 is 0 Å². The molecule has 0 bridgehead atoms. The molecule has 1 aliphatic heterocycles. The summed E-state index contributed by atoms with van der Waals surface area (Å²) in [6, 6.07) is 2.26. The van der Waals surface area contributed by atoms with Crippen LogP contribution >= 0.6 is 0 Å². The van der Waals surface area contributed by atoms with Crippen LogP contribution in [0.2, 0.25) is 0 Å². The minimum absolute atomic E-state index is 0.0433. The average Bonchev–Trinajstić information content (AvgIpc) is 2.91. The van der Waals surface area contributed by atoms with Crippen LogP contribution in [0.1, 0.15) is 18.5 Å². The standard InChI is InChI=1S/C12H16N4O/c1-9-7-11-12(17)15(5-6-16(11)14-9)8-10-3-2-4-13-10/h5-7,10,13H,2-4,8H2,1H3. The van der Waals surface area contributed by atoms with E-state index in [1.165, 1.54) is 6.42 Å². The molecule has 1 fully saturated rings. The molecule has 1 N–H and O–H groups in total. The zero-order valence-electron chi connectivity index (χ0n) is 9.89. The second kappa shape index (κ2) is 4.00. The Kier molecular flexibility index (Phi) is 2.48. The molecule has 3 rings (SSSR count). The summed E-state index contributed by atoms with van der Waals surface area (Å²) in [5, 5.41) is 7.64. The van der Waals surface area contributed by atoms with E-state index in [2.05, 4.69) is 10.4 Å². The SMILES string of the molecule is Cc1cc2c(=O)n(CC3CCCN3)ccn2n1. The monoisotopic (exact) mass is 232 g/mol. The largest absolute Gasteiger partial charge is 0.312 e. The van der Waals surface area contributed by atoms with Crippen molar-refractivity contribution in [1.29, 1.82) is 0 Å². The van der Waals surface area contributed by atoms with E-state index in [0.717, 1.165) is 25.2 Å². The Morgan fingerprint density at radius 2 is 2.41 bits per heavy atom. The second-order valence-corrected chi connectivity index (χ2v) is 4.66. The van der Waals surface area contributed by atoms with E-state index in [9.17, 15) is 4.79 Å². The van der Waals surface area contributed by atoms with E-state index in [0.29, 0.717) is 11.6 Å². The number of hydrogen-bond donors (Lipinski definition) is 1. The Morgan fingerprint density at radius 3 is 3.18 bits per heavy atom. The molecule has 1 unspecified atom stereocenters. The van der Waals surface area contributed by atoms with Gasteiger partial charge in [0.2, 0.25) is 0 Å². The van der Waals surface area contributed by atoms with E-state index in [4.69, 9.17) is 0 Å². The van der Waals surface area contributed by atoms with Gasteiger partial charge >= 0.3 is 0 Å². The molecule has 0 aromatic carbocycles. The van der Waals surface area contributed by atoms with Gasteiger partial charge in [0, 0.05) is 25.0 Å². The van der Waals surface area contributed by atoms with Crippen molar-refractivity contribution >= 4 is 5.52 Å². The quantitative estimate of drug-likeness (QED) is 0.823. The number of hydrogen-bond acceptors (Lipinski definition) is 3. The Morgan fingerprint density at radius 1 is 1.53 bits per heavy atom. The second-order valence-electron chi connectivity index (χ2n) is 4.66. The molecule has 1 aliphatic rings. The van der Waals surface area contributed by atoms with E-state index >= 15 is 0 Å². The maximum atomic E-state index is 12.2. The molecular weight excluding hydrogens is 216 g/mol. The lowest BCUT2D eigenvalue weighted by Gasteiger charge is -2.12. The first-order chi connectivity index (χ1) is 8.24. The summed E-state index contributed by atoms with van der Waals surface area (Å²) >= 11 is 0. The first kappa shape index (κ1) is 10.5. The summed E-state index contributed by atoms with van der Waals surface area (Å²) in [6.07, 6.45) is 6.02. The number of nitrogens with zero attached hydrogens (tertiary/aromatic N) is 3. The minimum Gasteiger partial charge on any atom is -0.312 e. The van der Waals surface area contributed by atoms with Crippen molar-refractivity contribution < 1.29 is 0 Å². The van der Waals surface area contributed by atoms with Gasteiger partial charge in [-0.1, -0.05) is 0 Å². The Balaban J connectivity index is 1.99. The van der Waals surface area contributed by atoms with Crippen LogP contribution in [-0.4, -0.2) is 26.8 Å². The van der Waals surface area contributed by atoms with Crippen molar-refractivity contribution in [1.82, 2.24) is 19.5 Å². The van der Waals surface area contributed by atoms with Crippen molar-refractivity contribution in [3.8, 4) is 0 Å². The molecule has 2 aromatic heterocycles. The zero-order chi connectivity index (χ0) is 11.8. The summed E-state index contributed by atoms with van der Waals surface area (Å²) < 4.78 is 3.43. The van der Waals surface area contributed by atoms with E-state index in [1.54, 1.807) is 9.08 Å². The molecule has 5 heteroatoms. The third-order valence-electron chi connectivity index (χ3n) is 3.31. The maximum absolute atomic E-state index is 12.2. The first-order valence-corrected chi connectivity index (χ1v) is 6.03. The summed E-state index contributed by atoms with van der Waals surface area (Å²) in [5.41, 5.74) is 1.57. The van der Waals surface area contributed by atoms with Crippen LogP contribution in [0.15, 0.2) is 23.3 Å². The number of aromatic nitrogens is 3. The van der Waals surface area contributed by atoms with E-state index in [-0.39, 0.29) is 5.56 Å². The van der Waals surface area contributed by atoms with Gasteiger partial charge in [0.05, 0.1) is 5.69 Å². The van der Waals surface area contributed by atoms with Gasteiger partial charge in [-0.25, -0.2) is 4.52 Å². The molecule has 0 spiro atoms. The predicted molar refractivity (Wildman–Crippen MR) is 65.2 cm³/mol.